The van der Waals surface area contributed by atoms with E-state index in [4.69, 9.17) is 11.6 Å². The molecule has 2 fully saturated rings. The predicted molar refractivity (Wildman–Crippen MR) is 91.6 cm³/mol. The zero-order valence-corrected chi connectivity index (χ0v) is 13.7. The monoisotopic (exact) mass is 329 g/mol. The normalized spacial score (nSPS) is 20.5. The Bertz CT molecular complexity index is 692. The molecule has 120 valence electrons. The number of aliphatic hydroxyl groups is 1. The van der Waals surface area contributed by atoms with Crippen molar-refractivity contribution in [2.24, 2.45) is 5.92 Å². The first-order valence-corrected chi connectivity index (χ1v) is 8.59. The van der Waals surface area contributed by atoms with Crippen molar-refractivity contribution >= 4 is 17.4 Å². The molecule has 5 heteroatoms. The van der Waals surface area contributed by atoms with Crippen LogP contribution >= 0.6 is 11.6 Å². The molecule has 2 heterocycles. The minimum Gasteiger partial charge on any atom is -0.390 e. The van der Waals surface area contributed by atoms with E-state index in [9.17, 15) is 5.11 Å². The fraction of sp³-hybridized carbons (Fsp3) is 0.444. The molecule has 2 aromatic rings. The highest BCUT2D eigenvalue weighted by atomic mass is 35.5. The summed E-state index contributed by atoms with van der Waals surface area (Å²) in [6.07, 6.45) is 4.02. The van der Waals surface area contributed by atoms with Gasteiger partial charge in [-0.25, -0.2) is 0 Å². The molecule has 1 saturated carbocycles. The van der Waals surface area contributed by atoms with E-state index in [2.05, 4.69) is 15.1 Å². The molecule has 1 aliphatic carbocycles. The van der Waals surface area contributed by atoms with Crippen LogP contribution in [0.15, 0.2) is 36.4 Å². The summed E-state index contributed by atoms with van der Waals surface area (Å²) in [5.41, 5.74) is 1.34. The summed E-state index contributed by atoms with van der Waals surface area (Å²) in [5, 5.41) is 19.6. The highest BCUT2D eigenvalue weighted by Gasteiger charge is 2.48. The zero-order chi connectivity index (χ0) is 15.9. The SMILES string of the molecule is OC1(C2CCN(c3ccc(-c4ccccc4Cl)nn3)CC2)CC1. The minimum atomic E-state index is -0.355. The number of aromatic nitrogens is 2. The van der Waals surface area contributed by atoms with Crippen molar-refractivity contribution in [3.8, 4) is 11.3 Å². The zero-order valence-electron chi connectivity index (χ0n) is 13.0. The van der Waals surface area contributed by atoms with Gasteiger partial charge < -0.3 is 10.0 Å². The first kappa shape index (κ1) is 14.9. The van der Waals surface area contributed by atoms with Crippen LogP contribution in [0.5, 0.6) is 0 Å². The van der Waals surface area contributed by atoms with E-state index in [1.54, 1.807) is 0 Å². The van der Waals surface area contributed by atoms with Crippen molar-refractivity contribution in [1.82, 2.24) is 10.2 Å². The molecule has 4 nitrogen and oxygen atoms in total. The molecular weight excluding hydrogens is 310 g/mol. The van der Waals surface area contributed by atoms with Gasteiger partial charge >= 0.3 is 0 Å². The van der Waals surface area contributed by atoms with Gasteiger partial charge in [0.1, 0.15) is 0 Å². The van der Waals surface area contributed by atoms with Gasteiger partial charge in [0.05, 0.1) is 16.3 Å². The maximum atomic E-state index is 10.2. The Labute approximate surface area is 141 Å². The van der Waals surface area contributed by atoms with Crippen LogP contribution in [0.1, 0.15) is 25.7 Å². The maximum absolute atomic E-state index is 10.2. The number of nitrogens with zero attached hydrogens (tertiary/aromatic N) is 3. The Balaban J connectivity index is 1.46. The minimum absolute atomic E-state index is 0.355. The first-order valence-electron chi connectivity index (χ1n) is 8.22. The molecule has 0 bridgehead atoms. The summed E-state index contributed by atoms with van der Waals surface area (Å²) >= 11 is 6.21. The molecule has 0 amide bonds. The van der Waals surface area contributed by atoms with E-state index in [-0.39, 0.29) is 5.60 Å². The van der Waals surface area contributed by atoms with Gasteiger partial charge in [0.15, 0.2) is 5.82 Å². The van der Waals surface area contributed by atoms with E-state index in [1.165, 1.54) is 0 Å². The number of anilines is 1. The molecule has 4 rings (SSSR count). The Hall–Kier alpha value is -1.65. The number of benzene rings is 1. The van der Waals surface area contributed by atoms with Crippen LogP contribution < -0.4 is 4.90 Å². The third-order valence-corrected chi connectivity index (χ3v) is 5.47. The smallest absolute Gasteiger partial charge is 0.151 e. The summed E-state index contributed by atoms with van der Waals surface area (Å²) in [4.78, 5) is 2.26. The highest BCUT2D eigenvalue weighted by Crippen LogP contribution is 2.46. The number of piperidine rings is 1. The summed E-state index contributed by atoms with van der Waals surface area (Å²) in [5.74, 6) is 1.36. The molecule has 0 radical (unpaired) electrons. The second kappa shape index (κ2) is 5.77. The van der Waals surface area contributed by atoms with Crippen LogP contribution in [0.4, 0.5) is 5.82 Å². The molecule has 1 N–H and O–H groups in total. The lowest BCUT2D eigenvalue weighted by molar-refractivity contribution is 0.0680. The Morgan fingerprint density at radius 1 is 1.04 bits per heavy atom. The van der Waals surface area contributed by atoms with Crippen LogP contribution in [0.2, 0.25) is 5.02 Å². The van der Waals surface area contributed by atoms with Crippen molar-refractivity contribution in [3.63, 3.8) is 0 Å². The van der Waals surface area contributed by atoms with E-state index in [1.807, 2.05) is 36.4 Å². The molecule has 1 aromatic carbocycles. The largest absolute Gasteiger partial charge is 0.390 e. The van der Waals surface area contributed by atoms with Gasteiger partial charge in [0, 0.05) is 18.7 Å². The Kier molecular flexibility index (Phi) is 3.74. The second-order valence-corrected chi connectivity index (χ2v) is 7.03. The number of rotatable bonds is 3. The van der Waals surface area contributed by atoms with Gasteiger partial charge in [-0.05, 0) is 49.8 Å². The van der Waals surface area contributed by atoms with Gasteiger partial charge in [0.2, 0.25) is 0 Å². The van der Waals surface area contributed by atoms with Gasteiger partial charge in [-0.3, -0.25) is 0 Å². The van der Waals surface area contributed by atoms with Crippen LogP contribution in [-0.4, -0.2) is 34.0 Å². The van der Waals surface area contributed by atoms with Crippen molar-refractivity contribution in [2.45, 2.75) is 31.3 Å². The van der Waals surface area contributed by atoms with Crippen molar-refractivity contribution in [3.05, 3.63) is 41.4 Å². The molecule has 2 aliphatic rings. The Morgan fingerprint density at radius 2 is 1.78 bits per heavy atom. The van der Waals surface area contributed by atoms with Gasteiger partial charge in [-0.15, -0.1) is 10.2 Å². The molecule has 0 unspecified atom stereocenters. The maximum Gasteiger partial charge on any atom is 0.151 e. The second-order valence-electron chi connectivity index (χ2n) is 6.62. The standard InChI is InChI=1S/C18H20ClN3O/c19-15-4-2-1-3-14(15)16-5-6-17(21-20-16)22-11-7-13(8-12-22)18(23)9-10-18/h1-6,13,23H,7-12H2. The molecule has 0 spiro atoms. The van der Waals surface area contributed by atoms with Crippen LogP contribution in [-0.2, 0) is 0 Å². The van der Waals surface area contributed by atoms with Crippen LogP contribution in [0.3, 0.4) is 0 Å². The van der Waals surface area contributed by atoms with E-state index >= 15 is 0 Å². The average Bonchev–Trinajstić information content (AvgIpc) is 3.35. The fourth-order valence-electron chi connectivity index (χ4n) is 3.49. The topological polar surface area (TPSA) is 49.2 Å². The summed E-state index contributed by atoms with van der Waals surface area (Å²) in [6.45, 7) is 1.88. The number of hydrogen-bond donors (Lipinski definition) is 1. The number of hydrogen-bond acceptors (Lipinski definition) is 4. The molecule has 1 aromatic heterocycles. The van der Waals surface area contributed by atoms with Gasteiger partial charge in [-0.1, -0.05) is 29.8 Å². The molecular formula is C18H20ClN3O. The quantitative estimate of drug-likeness (QED) is 0.935. The lowest BCUT2D eigenvalue weighted by Gasteiger charge is -2.34. The van der Waals surface area contributed by atoms with Crippen molar-refractivity contribution in [2.75, 3.05) is 18.0 Å². The summed E-state index contributed by atoms with van der Waals surface area (Å²) in [7, 11) is 0. The van der Waals surface area contributed by atoms with Crippen molar-refractivity contribution < 1.29 is 5.11 Å². The lowest BCUT2D eigenvalue weighted by Crippen LogP contribution is -2.39. The Morgan fingerprint density at radius 3 is 2.39 bits per heavy atom. The highest BCUT2D eigenvalue weighted by molar-refractivity contribution is 6.33. The van der Waals surface area contributed by atoms with Gasteiger partial charge in [-0.2, -0.15) is 0 Å². The predicted octanol–water partition coefficient (Wildman–Crippen LogP) is 3.54. The molecule has 0 atom stereocenters. The summed E-state index contributed by atoms with van der Waals surface area (Å²) < 4.78 is 0. The molecule has 1 aliphatic heterocycles. The van der Waals surface area contributed by atoms with Crippen molar-refractivity contribution in [1.29, 1.82) is 0 Å². The van der Waals surface area contributed by atoms with E-state index in [0.29, 0.717) is 10.9 Å². The third-order valence-electron chi connectivity index (χ3n) is 5.14. The first-order chi connectivity index (χ1) is 11.2. The lowest BCUT2D eigenvalue weighted by atomic mass is 9.89. The number of halogens is 1. The fourth-order valence-corrected chi connectivity index (χ4v) is 3.72. The van der Waals surface area contributed by atoms with Crippen LogP contribution in [0, 0.1) is 5.92 Å². The van der Waals surface area contributed by atoms with Crippen LogP contribution in [0.25, 0.3) is 11.3 Å². The average molecular weight is 330 g/mol. The molecule has 1 saturated heterocycles. The van der Waals surface area contributed by atoms with Gasteiger partial charge in [0.25, 0.3) is 0 Å². The molecule has 23 heavy (non-hydrogen) atoms. The van der Waals surface area contributed by atoms with E-state index in [0.717, 1.165) is 55.8 Å². The third kappa shape index (κ3) is 2.93. The van der Waals surface area contributed by atoms with E-state index < -0.39 is 0 Å². The summed E-state index contributed by atoms with van der Waals surface area (Å²) in [6, 6.07) is 11.7.